The van der Waals surface area contributed by atoms with Crippen LogP contribution < -0.4 is 11.1 Å². The maximum absolute atomic E-state index is 12.8. The van der Waals surface area contributed by atoms with Crippen LogP contribution in [0.1, 0.15) is 58.6 Å². The maximum atomic E-state index is 12.8. The Labute approximate surface area is 200 Å². The Kier molecular flexibility index (Phi) is 8.24. The number of hydrogen-bond donors (Lipinski definition) is 2. The van der Waals surface area contributed by atoms with Crippen LogP contribution >= 0.6 is 23.1 Å². The van der Waals surface area contributed by atoms with Gasteiger partial charge in [0.1, 0.15) is 0 Å². The van der Waals surface area contributed by atoms with Crippen molar-refractivity contribution in [1.29, 1.82) is 0 Å². The molecule has 0 radical (unpaired) electrons. The van der Waals surface area contributed by atoms with Crippen molar-refractivity contribution < 1.29 is 14.5 Å². The van der Waals surface area contributed by atoms with E-state index in [0.29, 0.717) is 10.8 Å². The Morgan fingerprint density at radius 1 is 1.15 bits per heavy atom. The van der Waals surface area contributed by atoms with Crippen LogP contribution in [-0.4, -0.2) is 22.5 Å². The molecule has 2 unspecified atom stereocenters. The molecule has 1 heterocycles. The first-order valence-electron chi connectivity index (χ1n) is 10.4. The van der Waals surface area contributed by atoms with Gasteiger partial charge in [-0.2, -0.15) is 0 Å². The van der Waals surface area contributed by atoms with Crippen LogP contribution in [0.4, 0.5) is 5.69 Å². The zero-order valence-corrected chi connectivity index (χ0v) is 19.9. The SMILES string of the molecule is CCC(C)c1ccc(C(NC(=O)CSc2ccc(C(N)=O)cc2[N+](=O)[O-])c2cccs2)cc1. The standard InChI is InChI=1S/C24H25N3O4S2/c1-3-15(2)16-6-8-17(9-7-16)23(21-5-4-12-32-21)26-22(28)14-33-20-11-10-18(24(25)29)13-19(20)27(30)31/h4-13,15,23H,3,14H2,1-2H3,(H2,25,29)(H,26,28). The van der Waals surface area contributed by atoms with Gasteiger partial charge in [0, 0.05) is 16.5 Å². The molecule has 3 aromatic rings. The molecule has 0 spiro atoms. The molecule has 2 aromatic carbocycles. The minimum absolute atomic E-state index is 0.0103. The number of primary amides is 1. The lowest BCUT2D eigenvalue weighted by molar-refractivity contribution is -0.387. The highest BCUT2D eigenvalue weighted by Gasteiger charge is 2.21. The molecule has 0 saturated carbocycles. The molecule has 3 rings (SSSR count). The Morgan fingerprint density at radius 2 is 1.85 bits per heavy atom. The molecule has 9 heteroatoms. The second kappa shape index (κ2) is 11.1. The highest BCUT2D eigenvalue weighted by molar-refractivity contribution is 8.00. The number of nitrogens with one attached hydrogen (secondary N) is 1. The third-order valence-electron chi connectivity index (χ3n) is 5.38. The van der Waals surface area contributed by atoms with Crippen molar-refractivity contribution in [2.45, 2.75) is 37.1 Å². The summed E-state index contributed by atoms with van der Waals surface area (Å²) < 4.78 is 0. The van der Waals surface area contributed by atoms with Gasteiger partial charge in [0.15, 0.2) is 0 Å². The number of hydrogen-bond acceptors (Lipinski definition) is 6. The number of thiophene rings is 1. The number of carbonyl (C=O) groups is 2. The second-order valence-electron chi connectivity index (χ2n) is 7.58. The molecular formula is C24H25N3O4S2. The van der Waals surface area contributed by atoms with Crippen LogP contribution in [-0.2, 0) is 4.79 Å². The Hall–Kier alpha value is -3.17. The van der Waals surface area contributed by atoms with Crippen LogP contribution in [0, 0.1) is 10.1 Å². The fourth-order valence-electron chi connectivity index (χ4n) is 3.31. The number of carbonyl (C=O) groups excluding carboxylic acids is 2. The second-order valence-corrected chi connectivity index (χ2v) is 9.58. The Bertz CT molecular complexity index is 1130. The van der Waals surface area contributed by atoms with Gasteiger partial charge >= 0.3 is 0 Å². The van der Waals surface area contributed by atoms with E-state index in [4.69, 9.17) is 5.73 Å². The van der Waals surface area contributed by atoms with Crippen molar-refractivity contribution in [2.75, 3.05) is 5.75 Å². The highest BCUT2D eigenvalue weighted by atomic mass is 32.2. The van der Waals surface area contributed by atoms with Crippen LogP contribution in [0.25, 0.3) is 0 Å². The maximum Gasteiger partial charge on any atom is 0.283 e. The highest BCUT2D eigenvalue weighted by Crippen LogP contribution is 2.31. The summed E-state index contributed by atoms with van der Waals surface area (Å²) in [5, 5.41) is 16.4. The van der Waals surface area contributed by atoms with Gasteiger partial charge in [0.2, 0.25) is 11.8 Å². The van der Waals surface area contributed by atoms with Gasteiger partial charge < -0.3 is 11.1 Å². The average molecular weight is 484 g/mol. The molecule has 0 aliphatic carbocycles. The van der Waals surface area contributed by atoms with Crippen LogP contribution in [0.15, 0.2) is 64.9 Å². The largest absolute Gasteiger partial charge is 0.366 e. The number of nitro benzene ring substituents is 1. The van der Waals surface area contributed by atoms with Crippen molar-refractivity contribution >= 4 is 40.6 Å². The third kappa shape index (κ3) is 6.21. The third-order valence-corrected chi connectivity index (χ3v) is 7.38. The summed E-state index contributed by atoms with van der Waals surface area (Å²) in [6.07, 6.45) is 1.05. The summed E-state index contributed by atoms with van der Waals surface area (Å²) in [6, 6.07) is 15.8. The van der Waals surface area contributed by atoms with E-state index in [-0.39, 0.29) is 29.0 Å². The lowest BCUT2D eigenvalue weighted by Crippen LogP contribution is -2.30. The van der Waals surface area contributed by atoms with Crippen molar-refractivity contribution in [2.24, 2.45) is 5.73 Å². The van der Waals surface area contributed by atoms with E-state index in [0.717, 1.165) is 34.7 Å². The predicted octanol–water partition coefficient (Wildman–Crippen LogP) is 5.27. The smallest absolute Gasteiger partial charge is 0.283 e. The van der Waals surface area contributed by atoms with Crippen molar-refractivity contribution in [3.8, 4) is 0 Å². The molecule has 0 saturated heterocycles. The molecule has 2 amide bonds. The minimum atomic E-state index is -0.745. The summed E-state index contributed by atoms with van der Waals surface area (Å²) in [6.45, 7) is 4.33. The minimum Gasteiger partial charge on any atom is -0.366 e. The summed E-state index contributed by atoms with van der Waals surface area (Å²) >= 11 is 2.60. The van der Waals surface area contributed by atoms with E-state index < -0.39 is 10.8 Å². The van der Waals surface area contributed by atoms with Crippen molar-refractivity contribution in [3.63, 3.8) is 0 Å². The molecule has 33 heavy (non-hydrogen) atoms. The van der Waals surface area contributed by atoms with Gasteiger partial charge in [0.05, 0.1) is 21.6 Å². The normalized spacial score (nSPS) is 12.7. The first-order chi connectivity index (χ1) is 15.8. The Morgan fingerprint density at radius 3 is 2.42 bits per heavy atom. The molecule has 172 valence electrons. The molecular weight excluding hydrogens is 458 g/mol. The van der Waals surface area contributed by atoms with Crippen LogP contribution in [0.2, 0.25) is 0 Å². The van der Waals surface area contributed by atoms with Gasteiger partial charge in [-0.05, 0) is 47.0 Å². The quantitative estimate of drug-likeness (QED) is 0.232. The van der Waals surface area contributed by atoms with E-state index in [1.807, 2.05) is 29.6 Å². The number of nitrogens with zero attached hydrogens (tertiary/aromatic N) is 1. The molecule has 0 aliphatic rings. The number of nitro groups is 1. The zero-order chi connectivity index (χ0) is 24.0. The number of thioether (sulfide) groups is 1. The number of nitrogens with two attached hydrogens (primary N) is 1. The predicted molar refractivity (Wildman–Crippen MR) is 132 cm³/mol. The molecule has 2 atom stereocenters. The van der Waals surface area contributed by atoms with Gasteiger partial charge in [-0.25, -0.2) is 0 Å². The summed E-state index contributed by atoms with van der Waals surface area (Å²) in [5.41, 5.74) is 7.24. The number of amides is 2. The average Bonchev–Trinajstić information content (AvgIpc) is 3.35. The zero-order valence-electron chi connectivity index (χ0n) is 18.3. The van der Waals surface area contributed by atoms with Crippen molar-refractivity contribution in [3.05, 3.63) is 91.7 Å². The number of benzene rings is 2. The van der Waals surface area contributed by atoms with Crippen molar-refractivity contribution in [1.82, 2.24) is 5.32 Å². The van der Waals surface area contributed by atoms with Crippen LogP contribution in [0.5, 0.6) is 0 Å². The molecule has 7 nitrogen and oxygen atoms in total. The fourth-order valence-corrected chi connectivity index (χ4v) is 4.93. The lowest BCUT2D eigenvalue weighted by Gasteiger charge is -2.19. The topological polar surface area (TPSA) is 115 Å². The van der Waals surface area contributed by atoms with Gasteiger partial charge in [-0.15, -0.1) is 23.1 Å². The summed E-state index contributed by atoms with van der Waals surface area (Å²) in [5.74, 6) is -0.547. The van der Waals surface area contributed by atoms with E-state index in [2.05, 4.69) is 31.3 Å². The van der Waals surface area contributed by atoms with E-state index in [9.17, 15) is 19.7 Å². The van der Waals surface area contributed by atoms with Gasteiger partial charge in [-0.3, -0.25) is 19.7 Å². The molecule has 0 fully saturated rings. The fraction of sp³-hybridized carbons (Fsp3) is 0.250. The number of rotatable bonds is 10. The van der Waals surface area contributed by atoms with Gasteiger partial charge in [-0.1, -0.05) is 44.2 Å². The van der Waals surface area contributed by atoms with E-state index in [1.54, 1.807) is 11.3 Å². The van der Waals surface area contributed by atoms with Crippen LogP contribution in [0.3, 0.4) is 0 Å². The van der Waals surface area contributed by atoms with E-state index in [1.165, 1.54) is 17.7 Å². The first kappa shape index (κ1) is 24.5. The summed E-state index contributed by atoms with van der Waals surface area (Å²) in [4.78, 5) is 36.2. The molecule has 1 aromatic heterocycles. The summed E-state index contributed by atoms with van der Waals surface area (Å²) in [7, 11) is 0. The molecule has 0 bridgehead atoms. The molecule has 3 N–H and O–H groups in total. The Balaban J connectivity index is 1.75. The monoisotopic (exact) mass is 483 g/mol. The lowest BCUT2D eigenvalue weighted by atomic mass is 9.95. The first-order valence-corrected chi connectivity index (χ1v) is 12.3. The molecule has 0 aliphatic heterocycles. The van der Waals surface area contributed by atoms with Gasteiger partial charge in [0.25, 0.3) is 5.69 Å². The van der Waals surface area contributed by atoms with E-state index >= 15 is 0 Å².